The summed E-state index contributed by atoms with van der Waals surface area (Å²) in [5, 5.41) is 11.8. The minimum absolute atomic E-state index is 0.0409. The summed E-state index contributed by atoms with van der Waals surface area (Å²) >= 11 is 3.06. The number of hydrogen-bond acceptors (Lipinski definition) is 8. The Morgan fingerprint density at radius 1 is 1.27 bits per heavy atom. The minimum Gasteiger partial charge on any atom is -0.376 e. The highest BCUT2D eigenvalue weighted by Crippen LogP contribution is 2.29. The Labute approximate surface area is 183 Å². The van der Waals surface area contributed by atoms with E-state index < -0.39 is 0 Å². The van der Waals surface area contributed by atoms with Crippen LogP contribution in [0.3, 0.4) is 0 Å². The molecular weight excluding hydrogens is 420 g/mol. The fourth-order valence-electron chi connectivity index (χ4n) is 4.08. The van der Waals surface area contributed by atoms with E-state index in [1.807, 2.05) is 5.38 Å². The van der Waals surface area contributed by atoms with Gasteiger partial charge in [-0.15, -0.1) is 21.5 Å². The van der Waals surface area contributed by atoms with Crippen molar-refractivity contribution in [3.63, 3.8) is 0 Å². The standard InChI is InChI=1S/C20H26N6O2S2/c1-14-4-6-24(7-5-14)18-22-23-20(26(18)12-16-3-2-9-28-16)30-13-15-11-17(27)25-8-10-29-19(25)21-15/h8,10-11,14,16H,2-7,9,12-13H2,1H3. The van der Waals surface area contributed by atoms with E-state index >= 15 is 0 Å². The molecule has 0 spiro atoms. The van der Waals surface area contributed by atoms with Gasteiger partial charge < -0.3 is 9.64 Å². The van der Waals surface area contributed by atoms with Crippen molar-refractivity contribution >= 4 is 34.0 Å². The molecule has 5 rings (SSSR count). The van der Waals surface area contributed by atoms with Gasteiger partial charge in [-0.25, -0.2) is 4.98 Å². The average molecular weight is 447 g/mol. The largest absolute Gasteiger partial charge is 0.376 e. The van der Waals surface area contributed by atoms with Crippen molar-refractivity contribution < 1.29 is 4.74 Å². The van der Waals surface area contributed by atoms with E-state index in [9.17, 15) is 4.79 Å². The van der Waals surface area contributed by atoms with Crippen molar-refractivity contribution in [2.24, 2.45) is 5.92 Å². The van der Waals surface area contributed by atoms with Crippen LogP contribution in [0, 0.1) is 5.92 Å². The Balaban J connectivity index is 1.38. The van der Waals surface area contributed by atoms with Gasteiger partial charge >= 0.3 is 0 Å². The summed E-state index contributed by atoms with van der Waals surface area (Å²) in [5.41, 5.74) is 0.730. The number of piperidine rings is 1. The van der Waals surface area contributed by atoms with E-state index in [0.717, 1.165) is 66.8 Å². The quantitative estimate of drug-likeness (QED) is 0.539. The summed E-state index contributed by atoms with van der Waals surface area (Å²) in [6, 6.07) is 1.61. The van der Waals surface area contributed by atoms with Crippen molar-refractivity contribution in [2.45, 2.75) is 56.2 Å². The first-order chi connectivity index (χ1) is 14.7. The zero-order valence-corrected chi connectivity index (χ0v) is 18.7. The Hall–Kier alpha value is -1.91. The molecule has 10 heteroatoms. The van der Waals surface area contributed by atoms with Crippen LogP contribution >= 0.6 is 23.1 Å². The summed E-state index contributed by atoms with van der Waals surface area (Å²) in [7, 11) is 0. The number of anilines is 1. The second kappa shape index (κ2) is 8.68. The maximum Gasteiger partial charge on any atom is 0.258 e. The van der Waals surface area contributed by atoms with Crippen LogP contribution in [-0.2, 0) is 17.0 Å². The predicted molar refractivity (Wildman–Crippen MR) is 119 cm³/mol. The van der Waals surface area contributed by atoms with Gasteiger partial charge in [0.05, 0.1) is 18.3 Å². The fourth-order valence-corrected chi connectivity index (χ4v) is 5.66. The van der Waals surface area contributed by atoms with Gasteiger partial charge in [0.15, 0.2) is 10.1 Å². The van der Waals surface area contributed by atoms with E-state index in [-0.39, 0.29) is 11.7 Å². The molecule has 0 radical (unpaired) electrons. The number of fused-ring (bicyclic) bond motifs is 1. The van der Waals surface area contributed by atoms with Crippen LogP contribution in [-0.4, -0.2) is 49.9 Å². The number of ether oxygens (including phenoxy) is 1. The highest BCUT2D eigenvalue weighted by molar-refractivity contribution is 7.98. The lowest BCUT2D eigenvalue weighted by molar-refractivity contribution is 0.0951. The third-order valence-corrected chi connectivity index (χ3v) is 7.64. The number of rotatable bonds is 6. The third-order valence-electron chi connectivity index (χ3n) is 5.88. The Kier molecular flexibility index (Phi) is 5.79. The van der Waals surface area contributed by atoms with Crippen LogP contribution in [0.25, 0.3) is 4.96 Å². The zero-order valence-electron chi connectivity index (χ0n) is 17.1. The SMILES string of the molecule is CC1CCN(c2nnc(SCc3cc(=O)n4ccsc4n3)n2CC2CCCO2)CC1. The van der Waals surface area contributed by atoms with Crippen LogP contribution in [0.4, 0.5) is 5.95 Å². The molecule has 1 unspecified atom stereocenters. The topological polar surface area (TPSA) is 77.5 Å². The molecule has 5 heterocycles. The van der Waals surface area contributed by atoms with E-state index in [0.29, 0.717) is 5.75 Å². The van der Waals surface area contributed by atoms with Crippen molar-refractivity contribution in [3.8, 4) is 0 Å². The summed E-state index contributed by atoms with van der Waals surface area (Å²) in [5.74, 6) is 2.30. The van der Waals surface area contributed by atoms with E-state index in [2.05, 4.69) is 31.6 Å². The molecule has 160 valence electrons. The fraction of sp³-hybridized carbons (Fsp3) is 0.600. The van der Waals surface area contributed by atoms with E-state index in [1.54, 1.807) is 28.4 Å². The molecule has 2 saturated heterocycles. The van der Waals surface area contributed by atoms with Crippen LogP contribution in [0.2, 0.25) is 0 Å². The summed E-state index contributed by atoms with van der Waals surface area (Å²) in [6.45, 7) is 5.96. The lowest BCUT2D eigenvalue weighted by atomic mass is 10.00. The maximum atomic E-state index is 12.3. The molecule has 0 N–H and O–H groups in total. The number of aromatic nitrogens is 5. The molecule has 3 aromatic rings. The first kappa shape index (κ1) is 20.0. The molecule has 1 atom stereocenters. The lowest BCUT2D eigenvalue weighted by Crippen LogP contribution is -2.35. The van der Waals surface area contributed by atoms with E-state index in [4.69, 9.17) is 4.74 Å². The third kappa shape index (κ3) is 4.13. The maximum absolute atomic E-state index is 12.3. The van der Waals surface area contributed by atoms with Gasteiger partial charge in [-0.3, -0.25) is 13.8 Å². The molecular formula is C20H26N6O2S2. The lowest BCUT2D eigenvalue weighted by Gasteiger charge is -2.31. The van der Waals surface area contributed by atoms with Crippen LogP contribution in [0.1, 0.15) is 38.3 Å². The first-order valence-electron chi connectivity index (χ1n) is 10.6. The molecule has 0 bridgehead atoms. The van der Waals surface area contributed by atoms with Gasteiger partial charge in [-0.05, 0) is 31.6 Å². The highest BCUT2D eigenvalue weighted by atomic mass is 32.2. The second-order valence-electron chi connectivity index (χ2n) is 8.13. The van der Waals surface area contributed by atoms with Gasteiger partial charge in [0.1, 0.15) is 0 Å². The monoisotopic (exact) mass is 446 g/mol. The second-order valence-corrected chi connectivity index (χ2v) is 9.94. The van der Waals surface area contributed by atoms with E-state index in [1.165, 1.54) is 24.2 Å². The smallest absolute Gasteiger partial charge is 0.258 e. The first-order valence-corrected chi connectivity index (χ1v) is 12.4. The molecule has 2 fully saturated rings. The van der Waals surface area contributed by atoms with Crippen molar-refractivity contribution in [2.75, 3.05) is 24.6 Å². The summed E-state index contributed by atoms with van der Waals surface area (Å²) in [6.07, 6.45) is 6.53. The molecule has 8 nitrogen and oxygen atoms in total. The normalized spacial score (nSPS) is 20.4. The van der Waals surface area contributed by atoms with Crippen molar-refractivity contribution in [3.05, 3.63) is 33.7 Å². The van der Waals surface area contributed by atoms with Crippen LogP contribution in [0.15, 0.2) is 27.6 Å². The Bertz CT molecular complexity index is 1060. The number of thiazole rings is 1. The number of hydrogen-bond donors (Lipinski definition) is 0. The molecule has 3 aromatic heterocycles. The number of nitrogens with zero attached hydrogens (tertiary/aromatic N) is 6. The zero-order chi connectivity index (χ0) is 20.5. The molecule has 0 aromatic carbocycles. The van der Waals surface area contributed by atoms with Crippen molar-refractivity contribution in [1.29, 1.82) is 0 Å². The van der Waals surface area contributed by atoms with Gasteiger partial charge in [-0.1, -0.05) is 18.7 Å². The molecule has 2 aliphatic rings. The molecule has 0 amide bonds. The van der Waals surface area contributed by atoms with Gasteiger partial charge in [0.2, 0.25) is 5.95 Å². The minimum atomic E-state index is -0.0409. The Morgan fingerprint density at radius 3 is 2.93 bits per heavy atom. The van der Waals surface area contributed by atoms with Gasteiger partial charge in [0.25, 0.3) is 5.56 Å². The predicted octanol–water partition coefficient (Wildman–Crippen LogP) is 3.06. The van der Waals surface area contributed by atoms with Crippen molar-refractivity contribution in [1.82, 2.24) is 24.1 Å². The molecule has 2 aliphatic heterocycles. The molecule has 0 aliphatic carbocycles. The average Bonchev–Trinajstić information content (AvgIpc) is 3.49. The summed E-state index contributed by atoms with van der Waals surface area (Å²) in [4.78, 5) is 20.0. The van der Waals surface area contributed by atoms with Crippen LogP contribution in [0.5, 0.6) is 0 Å². The number of thioether (sulfide) groups is 1. The Morgan fingerprint density at radius 2 is 2.13 bits per heavy atom. The molecule has 0 saturated carbocycles. The van der Waals surface area contributed by atoms with Crippen LogP contribution < -0.4 is 10.5 Å². The highest BCUT2D eigenvalue weighted by Gasteiger charge is 2.26. The molecule has 30 heavy (non-hydrogen) atoms. The van der Waals surface area contributed by atoms with Gasteiger partial charge in [0, 0.05) is 43.1 Å². The van der Waals surface area contributed by atoms with Gasteiger partial charge in [-0.2, -0.15) is 0 Å². The summed E-state index contributed by atoms with van der Waals surface area (Å²) < 4.78 is 9.69.